The van der Waals surface area contributed by atoms with Crippen LogP contribution in [0.25, 0.3) is 0 Å². The van der Waals surface area contributed by atoms with Crippen LogP contribution in [0.1, 0.15) is 25.3 Å². The van der Waals surface area contributed by atoms with Gasteiger partial charge in [0, 0.05) is 17.9 Å². The maximum absolute atomic E-state index is 12.5. The lowest BCUT2D eigenvalue weighted by molar-refractivity contribution is -0.129. The topological polar surface area (TPSA) is 55.6 Å². The van der Waals surface area contributed by atoms with Gasteiger partial charge in [-0.2, -0.15) is 0 Å². The number of amides is 1. The maximum Gasteiger partial charge on any atom is 0.255 e. The summed E-state index contributed by atoms with van der Waals surface area (Å²) in [7, 11) is 0. The van der Waals surface area contributed by atoms with Crippen LogP contribution in [0.15, 0.2) is 30.9 Å². The summed E-state index contributed by atoms with van der Waals surface area (Å²) >= 11 is 0. The van der Waals surface area contributed by atoms with E-state index in [0.29, 0.717) is 6.61 Å². The highest BCUT2D eigenvalue weighted by Gasteiger charge is 2.27. The summed E-state index contributed by atoms with van der Waals surface area (Å²) in [5.74, 6) is 0.000567. The first-order valence-electron chi connectivity index (χ1n) is 7.06. The highest BCUT2D eigenvalue weighted by atomic mass is 35.5. The molecular formula is C16H23ClN2O2. The molecule has 1 atom stereocenters. The normalized spacial score (nSPS) is 14.8. The van der Waals surface area contributed by atoms with Crippen molar-refractivity contribution in [1.82, 2.24) is 0 Å². The molecule has 0 aliphatic carbocycles. The first-order valence-corrected chi connectivity index (χ1v) is 7.06. The molecule has 0 aromatic heterocycles. The number of rotatable bonds is 5. The molecular weight excluding hydrogens is 288 g/mol. The van der Waals surface area contributed by atoms with Crippen molar-refractivity contribution in [3.05, 3.63) is 36.4 Å². The summed E-state index contributed by atoms with van der Waals surface area (Å²) < 4.78 is 5.55. The van der Waals surface area contributed by atoms with Gasteiger partial charge in [-0.15, -0.1) is 19.0 Å². The Labute approximate surface area is 132 Å². The van der Waals surface area contributed by atoms with Crippen molar-refractivity contribution >= 4 is 29.7 Å². The van der Waals surface area contributed by atoms with Gasteiger partial charge in [0.05, 0.1) is 6.61 Å². The van der Waals surface area contributed by atoms with Gasteiger partial charge in [0.1, 0.15) is 6.10 Å². The Hall–Kier alpha value is -1.52. The molecule has 0 radical (unpaired) electrons. The van der Waals surface area contributed by atoms with Gasteiger partial charge in [0.15, 0.2) is 0 Å². The van der Waals surface area contributed by atoms with Gasteiger partial charge in [-0.25, -0.2) is 0 Å². The van der Waals surface area contributed by atoms with E-state index in [-0.39, 0.29) is 18.3 Å². The number of anilines is 2. The van der Waals surface area contributed by atoms with Crippen LogP contribution in [0.2, 0.25) is 0 Å². The van der Waals surface area contributed by atoms with Crippen LogP contribution < -0.4 is 10.6 Å². The second-order valence-electron chi connectivity index (χ2n) is 5.03. The van der Waals surface area contributed by atoms with Gasteiger partial charge in [0.25, 0.3) is 5.91 Å². The van der Waals surface area contributed by atoms with Gasteiger partial charge in [0.2, 0.25) is 0 Å². The molecule has 0 bridgehead atoms. The molecule has 4 nitrogen and oxygen atoms in total. The van der Waals surface area contributed by atoms with E-state index < -0.39 is 6.10 Å². The van der Waals surface area contributed by atoms with Crippen LogP contribution in [-0.2, 0) is 16.0 Å². The van der Waals surface area contributed by atoms with E-state index >= 15 is 0 Å². The van der Waals surface area contributed by atoms with Gasteiger partial charge in [-0.1, -0.05) is 12.1 Å². The number of ether oxygens (including phenoxy) is 1. The van der Waals surface area contributed by atoms with E-state index in [1.165, 1.54) is 0 Å². The summed E-state index contributed by atoms with van der Waals surface area (Å²) in [5.41, 5.74) is 8.77. The third-order valence-electron chi connectivity index (χ3n) is 3.59. The fourth-order valence-electron chi connectivity index (χ4n) is 2.50. The molecule has 2 N–H and O–H groups in total. The second-order valence-corrected chi connectivity index (χ2v) is 5.03. The van der Waals surface area contributed by atoms with Crippen molar-refractivity contribution in [3.63, 3.8) is 0 Å². The average Bonchev–Trinajstić information content (AvgIpc) is 2.46. The Morgan fingerprint density at radius 3 is 3.05 bits per heavy atom. The summed E-state index contributed by atoms with van der Waals surface area (Å²) in [6, 6.07) is 5.74. The van der Waals surface area contributed by atoms with Crippen molar-refractivity contribution in [2.45, 2.75) is 32.3 Å². The molecule has 0 fully saturated rings. The number of nitrogen functional groups attached to an aromatic ring is 1. The largest absolute Gasteiger partial charge is 0.398 e. The number of benzene rings is 1. The summed E-state index contributed by atoms with van der Waals surface area (Å²) in [5, 5.41) is 0. The minimum atomic E-state index is -0.442. The van der Waals surface area contributed by atoms with Crippen LogP contribution in [0.3, 0.4) is 0 Å². The number of carbonyl (C=O) groups excluding carboxylic acids is 1. The van der Waals surface area contributed by atoms with Crippen LogP contribution >= 0.6 is 12.4 Å². The van der Waals surface area contributed by atoms with Crippen LogP contribution in [0.5, 0.6) is 0 Å². The Kier molecular flexibility index (Phi) is 6.72. The fraction of sp³-hybridized carbons (Fsp3) is 0.438. The number of nitrogens with two attached hydrogens (primary N) is 1. The lowest BCUT2D eigenvalue weighted by Gasteiger charge is -2.32. The quantitative estimate of drug-likeness (QED) is 0.517. The molecule has 0 spiro atoms. The molecule has 116 valence electrons. The molecule has 1 amide bonds. The Bertz CT molecular complexity index is 505. The molecule has 21 heavy (non-hydrogen) atoms. The van der Waals surface area contributed by atoms with Gasteiger partial charge < -0.3 is 15.4 Å². The zero-order valence-electron chi connectivity index (χ0n) is 12.4. The van der Waals surface area contributed by atoms with E-state index in [2.05, 4.69) is 6.58 Å². The van der Waals surface area contributed by atoms with E-state index in [1.807, 2.05) is 18.2 Å². The standard InChI is InChI=1S/C16H22N2O2.ClH/c1-3-4-11-20-12(2)16(19)18-10-6-7-13-14(17)8-5-9-15(13)18;/h3,5,8-9,12H,1,4,6-7,10-11,17H2,2H3;1H. The lowest BCUT2D eigenvalue weighted by Crippen LogP contribution is -2.42. The molecule has 2 rings (SSSR count). The Morgan fingerprint density at radius 2 is 2.33 bits per heavy atom. The van der Waals surface area contributed by atoms with E-state index in [9.17, 15) is 4.79 Å². The minimum Gasteiger partial charge on any atom is -0.398 e. The summed E-state index contributed by atoms with van der Waals surface area (Å²) in [6.07, 6.45) is 3.96. The van der Waals surface area contributed by atoms with Crippen LogP contribution in [0.4, 0.5) is 11.4 Å². The molecule has 1 heterocycles. The zero-order chi connectivity index (χ0) is 14.5. The molecule has 1 unspecified atom stereocenters. The molecule has 1 aliphatic rings. The number of carbonyl (C=O) groups is 1. The SMILES string of the molecule is C=CCCOC(C)C(=O)N1CCCc2c(N)cccc21.Cl. The lowest BCUT2D eigenvalue weighted by atomic mass is 9.99. The minimum absolute atomic E-state index is 0. The molecule has 1 aromatic carbocycles. The second kappa shape index (κ2) is 8.05. The van der Waals surface area contributed by atoms with Crippen LogP contribution in [-0.4, -0.2) is 25.2 Å². The highest BCUT2D eigenvalue weighted by molar-refractivity contribution is 5.98. The number of hydrogen-bond acceptors (Lipinski definition) is 3. The summed E-state index contributed by atoms with van der Waals surface area (Å²) in [6.45, 7) is 6.69. The van der Waals surface area contributed by atoms with E-state index in [1.54, 1.807) is 17.9 Å². The first-order chi connectivity index (χ1) is 9.65. The maximum atomic E-state index is 12.5. The monoisotopic (exact) mass is 310 g/mol. The van der Waals surface area contributed by atoms with Crippen molar-refractivity contribution in [1.29, 1.82) is 0 Å². The zero-order valence-corrected chi connectivity index (χ0v) is 13.2. The van der Waals surface area contributed by atoms with Crippen molar-refractivity contribution in [2.24, 2.45) is 0 Å². The molecule has 1 aromatic rings. The van der Waals surface area contributed by atoms with Gasteiger partial charge >= 0.3 is 0 Å². The number of nitrogens with zero attached hydrogens (tertiary/aromatic N) is 1. The van der Waals surface area contributed by atoms with Gasteiger partial charge in [-0.3, -0.25) is 4.79 Å². The third-order valence-corrected chi connectivity index (χ3v) is 3.59. The number of fused-ring (bicyclic) bond motifs is 1. The highest BCUT2D eigenvalue weighted by Crippen LogP contribution is 2.31. The number of halogens is 1. The first kappa shape index (κ1) is 17.5. The molecule has 5 heteroatoms. The smallest absolute Gasteiger partial charge is 0.255 e. The molecule has 1 aliphatic heterocycles. The van der Waals surface area contributed by atoms with Gasteiger partial charge in [-0.05, 0) is 43.9 Å². The van der Waals surface area contributed by atoms with Crippen molar-refractivity contribution < 1.29 is 9.53 Å². The fourth-order valence-corrected chi connectivity index (χ4v) is 2.50. The Morgan fingerprint density at radius 1 is 1.57 bits per heavy atom. The number of hydrogen-bond donors (Lipinski definition) is 1. The van der Waals surface area contributed by atoms with Crippen molar-refractivity contribution in [3.8, 4) is 0 Å². The average molecular weight is 311 g/mol. The Balaban J connectivity index is 0.00000220. The predicted octanol–water partition coefficient (Wildman–Crippen LogP) is 2.95. The van der Waals surface area contributed by atoms with E-state index in [0.717, 1.165) is 42.7 Å². The predicted molar refractivity (Wildman–Crippen MR) is 89.0 cm³/mol. The third kappa shape index (κ3) is 3.99. The van der Waals surface area contributed by atoms with E-state index in [4.69, 9.17) is 10.5 Å². The van der Waals surface area contributed by atoms with Crippen molar-refractivity contribution in [2.75, 3.05) is 23.8 Å². The molecule has 0 saturated heterocycles. The summed E-state index contributed by atoms with van der Waals surface area (Å²) in [4.78, 5) is 14.3. The van der Waals surface area contributed by atoms with Crippen LogP contribution in [0, 0.1) is 0 Å². The molecule has 0 saturated carbocycles.